The zero-order valence-electron chi connectivity index (χ0n) is 12.8. The van der Waals surface area contributed by atoms with Crippen LogP contribution in [0, 0.1) is 5.92 Å². The molecule has 2 rings (SSSR count). The molecule has 0 atom stereocenters. The van der Waals surface area contributed by atoms with Gasteiger partial charge >= 0.3 is 0 Å². The monoisotopic (exact) mass is 322 g/mol. The van der Waals surface area contributed by atoms with Crippen molar-refractivity contribution in [3.05, 3.63) is 40.8 Å². The van der Waals surface area contributed by atoms with Crippen LogP contribution in [0.15, 0.2) is 24.5 Å². The third kappa shape index (κ3) is 4.21. The van der Waals surface area contributed by atoms with Gasteiger partial charge < -0.3 is 10.1 Å². The van der Waals surface area contributed by atoms with Crippen LogP contribution in [0.1, 0.15) is 29.9 Å². The van der Waals surface area contributed by atoms with Gasteiger partial charge in [0.25, 0.3) is 5.91 Å². The van der Waals surface area contributed by atoms with Crippen molar-refractivity contribution >= 4 is 17.5 Å². The summed E-state index contributed by atoms with van der Waals surface area (Å²) in [7, 11) is 1.82. The van der Waals surface area contributed by atoms with E-state index in [1.165, 1.54) is 6.20 Å². The Balaban J connectivity index is 1.98. The number of halogens is 1. The van der Waals surface area contributed by atoms with Crippen molar-refractivity contribution in [1.29, 1.82) is 0 Å². The van der Waals surface area contributed by atoms with Crippen molar-refractivity contribution in [3.8, 4) is 5.88 Å². The van der Waals surface area contributed by atoms with E-state index < -0.39 is 0 Å². The van der Waals surface area contributed by atoms with Crippen LogP contribution in [0.2, 0.25) is 5.02 Å². The molecule has 118 valence electrons. The minimum atomic E-state index is -0.244. The van der Waals surface area contributed by atoms with Crippen LogP contribution in [0.25, 0.3) is 0 Å². The van der Waals surface area contributed by atoms with Crippen LogP contribution in [-0.2, 0) is 13.6 Å². The molecule has 2 heterocycles. The highest BCUT2D eigenvalue weighted by Crippen LogP contribution is 2.22. The molecule has 0 aliphatic rings. The molecule has 0 radical (unpaired) electrons. The molecule has 0 bridgehead atoms. The van der Waals surface area contributed by atoms with Gasteiger partial charge in [0.1, 0.15) is 5.02 Å². The van der Waals surface area contributed by atoms with Gasteiger partial charge in [-0.25, -0.2) is 4.98 Å². The van der Waals surface area contributed by atoms with E-state index in [1.807, 2.05) is 27.0 Å². The van der Waals surface area contributed by atoms with Crippen molar-refractivity contribution in [2.24, 2.45) is 13.0 Å². The highest BCUT2D eigenvalue weighted by Gasteiger charge is 2.11. The molecule has 0 aliphatic carbocycles. The lowest BCUT2D eigenvalue weighted by molar-refractivity contribution is 0.0949. The number of ether oxygens (including phenoxy) is 1. The third-order valence-corrected chi connectivity index (χ3v) is 3.25. The van der Waals surface area contributed by atoms with E-state index in [9.17, 15) is 4.79 Å². The van der Waals surface area contributed by atoms with E-state index in [0.717, 1.165) is 5.69 Å². The molecule has 1 N–H and O–H groups in total. The number of rotatable bonds is 6. The molecule has 0 fully saturated rings. The largest absolute Gasteiger partial charge is 0.476 e. The number of pyridine rings is 1. The molecule has 0 spiro atoms. The Bertz CT molecular complexity index is 655. The molecular formula is C15H19ClN4O2. The first-order valence-electron chi connectivity index (χ1n) is 7.00. The van der Waals surface area contributed by atoms with Crippen molar-refractivity contribution < 1.29 is 9.53 Å². The quantitative estimate of drug-likeness (QED) is 0.887. The van der Waals surface area contributed by atoms with Crippen LogP contribution in [0.4, 0.5) is 0 Å². The summed E-state index contributed by atoms with van der Waals surface area (Å²) in [5, 5.41) is 7.17. The fraction of sp³-hybridized carbons (Fsp3) is 0.400. The smallest absolute Gasteiger partial charge is 0.253 e. The lowest BCUT2D eigenvalue weighted by atomic mass is 10.2. The zero-order valence-corrected chi connectivity index (χ0v) is 13.6. The lowest BCUT2D eigenvalue weighted by Crippen LogP contribution is -2.24. The minimum absolute atomic E-state index is 0.244. The number of nitrogens with zero attached hydrogens (tertiary/aromatic N) is 3. The van der Waals surface area contributed by atoms with Gasteiger partial charge in [0, 0.05) is 19.4 Å². The van der Waals surface area contributed by atoms with E-state index in [2.05, 4.69) is 15.4 Å². The molecule has 7 heteroatoms. The topological polar surface area (TPSA) is 69.0 Å². The summed E-state index contributed by atoms with van der Waals surface area (Å²) >= 11 is 6.10. The number of carbonyl (C=O) groups excluding carboxylic acids is 1. The number of hydrogen-bond acceptors (Lipinski definition) is 4. The molecule has 0 unspecified atom stereocenters. The van der Waals surface area contributed by atoms with Crippen LogP contribution < -0.4 is 10.1 Å². The van der Waals surface area contributed by atoms with Gasteiger partial charge in [0.05, 0.1) is 24.4 Å². The van der Waals surface area contributed by atoms with Crippen LogP contribution in [0.3, 0.4) is 0 Å². The summed E-state index contributed by atoms with van der Waals surface area (Å²) in [4.78, 5) is 16.2. The maximum absolute atomic E-state index is 12.1. The van der Waals surface area contributed by atoms with E-state index in [0.29, 0.717) is 35.5 Å². The molecule has 1 amide bonds. The molecular weight excluding hydrogens is 304 g/mol. The highest BCUT2D eigenvalue weighted by atomic mass is 35.5. The maximum atomic E-state index is 12.1. The molecule has 6 nitrogen and oxygen atoms in total. The van der Waals surface area contributed by atoms with Gasteiger partial charge in [-0.3, -0.25) is 9.48 Å². The number of aromatic nitrogens is 3. The molecule has 0 saturated heterocycles. The fourth-order valence-corrected chi connectivity index (χ4v) is 1.97. The van der Waals surface area contributed by atoms with Crippen LogP contribution >= 0.6 is 11.6 Å². The number of amides is 1. The van der Waals surface area contributed by atoms with Crippen molar-refractivity contribution in [2.75, 3.05) is 6.61 Å². The summed E-state index contributed by atoms with van der Waals surface area (Å²) < 4.78 is 7.18. The Kier molecular flexibility index (Phi) is 5.38. The van der Waals surface area contributed by atoms with Gasteiger partial charge in [-0.15, -0.1) is 0 Å². The van der Waals surface area contributed by atoms with Crippen LogP contribution in [-0.4, -0.2) is 27.3 Å². The summed E-state index contributed by atoms with van der Waals surface area (Å²) in [5.41, 5.74) is 1.30. The van der Waals surface area contributed by atoms with Crippen molar-refractivity contribution in [1.82, 2.24) is 20.1 Å². The predicted octanol–water partition coefficient (Wildman–Crippen LogP) is 2.43. The number of nitrogens with one attached hydrogen (secondary N) is 1. The minimum Gasteiger partial charge on any atom is -0.476 e. The van der Waals surface area contributed by atoms with Crippen molar-refractivity contribution in [2.45, 2.75) is 20.4 Å². The maximum Gasteiger partial charge on any atom is 0.253 e. The molecule has 22 heavy (non-hydrogen) atoms. The zero-order chi connectivity index (χ0) is 16.1. The number of aryl methyl sites for hydroxylation is 1. The number of carbonyl (C=O) groups is 1. The summed E-state index contributed by atoms with van der Waals surface area (Å²) in [5.74, 6) is 0.476. The average Bonchev–Trinajstić information content (AvgIpc) is 2.88. The molecule has 0 aliphatic heterocycles. The SMILES string of the molecule is CC(C)COc1ncc(C(=O)NCc2ccnn2C)cc1Cl. The van der Waals surface area contributed by atoms with Gasteiger partial charge in [-0.05, 0) is 18.1 Å². The number of hydrogen-bond donors (Lipinski definition) is 1. The molecule has 2 aromatic heterocycles. The van der Waals surface area contributed by atoms with Gasteiger partial charge in [-0.2, -0.15) is 5.10 Å². The second kappa shape index (κ2) is 7.26. The van der Waals surface area contributed by atoms with E-state index >= 15 is 0 Å². The van der Waals surface area contributed by atoms with Gasteiger partial charge in [-0.1, -0.05) is 25.4 Å². The van der Waals surface area contributed by atoms with E-state index in [1.54, 1.807) is 16.9 Å². The predicted molar refractivity (Wildman–Crippen MR) is 84.0 cm³/mol. The Morgan fingerprint density at radius 3 is 2.86 bits per heavy atom. The standard InChI is InChI=1S/C15H19ClN4O2/c1-10(2)9-22-15-13(16)6-11(7-18-15)14(21)17-8-12-4-5-19-20(12)3/h4-7,10H,8-9H2,1-3H3,(H,17,21). The van der Waals surface area contributed by atoms with E-state index in [-0.39, 0.29) is 5.91 Å². The first-order chi connectivity index (χ1) is 10.5. The lowest BCUT2D eigenvalue weighted by Gasteiger charge is -2.10. The Labute approximate surface area is 134 Å². The summed E-state index contributed by atoms with van der Waals surface area (Å²) in [6, 6.07) is 3.40. The first kappa shape index (κ1) is 16.3. The van der Waals surface area contributed by atoms with Crippen molar-refractivity contribution in [3.63, 3.8) is 0 Å². The molecule has 0 aromatic carbocycles. The average molecular weight is 323 g/mol. The van der Waals surface area contributed by atoms with Gasteiger partial charge in [0.2, 0.25) is 5.88 Å². The summed E-state index contributed by atoms with van der Waals surface area (Å²) in [6.07, 6.45) is 3.14. The molecule has 0 saturated carbocycles. The van der Waals surface area contributed by atoms with E-state index in [4.69, 9.17) is 16.3 Å². The second-order valence-electron chi connectivity index (χ2n) is 5.34. The van der Waals surface area contributed by atoms with Gasteiger partial charge in [0.15, 0.2) is 0 Å². The Morgan fingerprint density at radius 1 is 1.50 bits per heavy atom. The fourth-order valence-electron chi connectivity index (χ4n) is 1.75. The Hall–Kier alpha value is -2.08. The summed E-state index contributed by atoms with van der Waals surface area (Å²) in [6.45, 7) is 4.99. The first-order valence-corrected chi connectivity index (χ1v) is 7.38. The highest BCUT2D eigenvalue weighted by molar-refractivity contribution is 6.32. The van der Waals surface area contributed by atoms with Crippen LogP contribution in [0.5, 0.6) is 5.88 Å². The Morgan fingerprint density at radius 2 is 2.27 bits per heavy atom. The second-order valence-corrected chi connectivity index (χ2v) is 5.75. The molecule has 2 aromatic rings. The normalized spacial score (nSPS) is 10.8. The third-order valence-electron chi connectivity index (χ3n) is 2.98.